The molecule has 1 aliphatic heterocycles. The zero-order chi connectivity index (χ0) is 20.9. The van der Waals surface area contributed by atoms with Crippen molar-refractivity contribution in [3.05, 3.63) is 94.3 Å². The summed E-state index contributed by atoms with van der Waals surface area (Å²) in [4.78, 5) is 18.5. The standard InChI is InChI=1S/C24H24ClN3O2/c1-17(21-9-10-23(25)27-15-21)26-14-19-7-8-20-11-12-28(22(20)13-19)24(29)30-16-18-5-3-2-4-6-18/h2-10,13,15,17,26H,11-12,14,16H2,1H3. The quantitative estimate of drug-likeness (QED) is 0.550. The van der Waals surface area contributed by atoms with Crippen molar-refractivity contribution >= 4 is 23.4 Å². The molecule has 5 nitrogen and oxygen atoms in total. The Hall–Kier alpha value is -2.89. The Morgan fingerprint density at radius 1 is 1.17 bits per heavy atom. The molecule has 0 radical (unpaired) electrons. The molecule has 0 fully saturated rings. The number of hydrogen-bond acceptors (Lipinski definition) is 4. The van der Waals surface area contributed by atoms with E-state index in [0.717, 1.165) is 28.8 Å². The van der Waals surface area contributed by atoms with Gasteiger partial charge in [0.15, 0.2) is 0 Å². The Morgan fingerprint density at radius 2 is 2.00 bits per heavy atom. The molecule has 1 aromatic heterocycles. The first-order valence-corrected chi connectivity index (χ1v) is 10.4. The third kappa shape index (κ3) is 4.81. The predicted molar refractivity (Wildman–Crippen MR) is 119 cm³/mol. The lowest BCUT2D eigenvalue weighted by atomic mass is 10.1. The van der Waals surface area contributed by atoms with E-state index in [2.05, 4.69) is 35.4 Å². The zero-order valence-corrected chi connectivity index (χ0v) is 17.6. The van der Waals surface area contributed by atoms with E-state index in [0.29, 0.717) is 18.2 Å². The molecule has 30 heavy (non-hydrogen) atoms. The van der Waals surface area contributed by atoms with E-state index in [1.54, 1.807) is 17.2 Å². The highest BCUT2D eigenvalue weighted by Crippen LogP contribution is 2.30. The van der Waals surface area contributed by atoms with Gasteiger partial charge in [0.1, 0.15) is 11.8 Å². The molecule has 0 spiro atoms. The average Bonchev–Trinajstić information content (AvgIpc) is 3.20. The first kappa shape index (κ1) is 20.4. The fourth-order valence-electron chi connectivity index (χ4n) is 3.55. The number of benzene rings is 2. The van der Waals surface area contributed by atoms with Gasteiger partial charge in [-0.3, -0.25) is 4.90 Å². The Kier molecular flexibility index (Phi) is 6.31. The molecule has 3 aromatic rings. The Bertz CT molecular complexity index is 1010. The van der Waals surface area contributed by atoms with E-state index in [9.17, 15) is 4.79 Å². The molecular formula is C24H24ClN3O2. The van der Waals surface area contributed by atoms with Crippen LogP contribution in [0.5, 0.6) is 0 Å². The van der Waals surface area contributed by atoms with Crippen LogP contribution in [-0.2, 0) is 24.3 Å². The summed E-state index contributed by atoms with van der Waals surface area (Å²) in [5, 5.41) is 3.99. The van der Waals surface area contributed by atoms with Gasteiger partial charge in [-0.2, -0.15) is 0 Å². The number of anilines is 1. The summed E-state index contributed by atoms with van der Waals surface area (Å²) in [5.41, 5.74) is 5.28. The number of hydrogen-bond donors (Lipinski definition) is 1. The van der Waals surface area contributed by atoms with Gasteiger partial charge in [0, 0.05) is 25.3 Å². The van der Waals surface area contributed by atoms with Crippen LogP contribution in [-0.4, -0.2) is 17.6 Å². The van der Waals surface area contributed by atoms with E-state index < -0.39 is 0 Å². The molecule has 154 valence electrons. The van der Waals surface area contributed by atoms with Crippen LogP contribution in [0.15, 0.2) is 66.9 Å². The average molecular weight is 422 g/mol. The third-order valence-electron chi connectivity index (χ3n) is 5.33. The maximum atomic E-state index is 12.6. The molecular weight excluding hydrogens is 398 g/mol. The minimum absolute atomic E-state index is 0.134. The summed E-state index contributed by atoms with van der Waals surface area (Å²) >= 11 is 5.87. The number of ether oxygens (including phenoxy) is 1. The molecule has 1 N–H and O–H groups in total. The fourth-order valence-corrected chi connectivity index (χ4v) is 3.67. The largest absolute Gasteiger partial charge is 0.444 e. The van der Waals surface area contributed by atoms with Gasteiger partial charge >= 0.3 is 6.09 Å². The fraction of sp³-hybridized carbons (Fsp3) is 0.250. The van der Waals surface area contributed by atoms with E-state index in [4.69, 9.17) is 16.3 Å². The molecule has 1 unspecified atom stereocenters. The summed E-state index contributed by atoms with van der Waals surface area (Å²) < 4.78 is 5.53. The zero-order valence-electron chi connectivity index (χ0n) is 16.8. The van der Waals surface area contributed by atoms with Crippen molar-refractivity contribution < 1.29 is 9.53 Å². The van der Waals surface area contributed by atoms with Crippen LogP contribution in [0.2, 0.25) is 5.15 Å². The first-order chi connectivity index (χ1) is 14.6. The topological polar surface area (TPSA) is 54.5 Å². The summed E-state index contributed by atoms with van der Waals surface area (Å²) in [6.07, 6.45) is 2.33. The van der Waals surface area contributed by atoms with Crippen molar-refractivity contribution in [1.29, 1.82) is 0 Å². The first-order valence-electron chi connectivity index (χ1n) is 10.0. The second kappa shape index (κ2) is 9.28. The van der Waals surface area contributed by atoms with Gasteiger partial charge in [-0.25, -0.2) is 9.78 Å². The van der Waals surface area contributed by atoms with Crippen molar-refractivity contribution in [2.45, 2.75) is 32.5 Å². The smallest absolute Gasteiger partial charge is 0.414 e. The Balaban J connectivity index is 1.38. The monoisotopic (exact) mass is 421 g/mol. The highest BCUT2D eigenvalue weighted by atomic mass is 35.5. The predicted octanol–water partition coefficient (Wildman–Crippen LogP) is 5.29. The van der Waals surface area contributed by atoms with Gasteiger partial charge in [0.25, 0.3) is 0 Å². The highest BCUT2D eigenvalue weighted by molar-refractivity contribution is 6.29. The number of amides is 1. The second-order valence-electron chi connectivity index (χ2n) is 7.42. The molecule has 2 aromatic carbocycles. The summed E-state index contributed by atoms with van der Waals surface area (Å²) in [6.45, 7) is 3.70. The van der Waals surface area contributed by atoms with Crippen molar-refractivity contribution in [3.8, 4) is 0 Å². The van der Waals surface area contributed by atoms with Crippen molar-refractivity contribution in [3.63, 3.8) is 0 Å². The molecule has 0 bridgehead atoms. The molecule has 0 aliphatic carbocycles. The molecule has 0 saturated carbocycles. The maximum absolute atomic E-state index is 12.6. The van der Waals surface area contributed by atoms with E-state index >= 15 is 0 Å². The molecule has 1 amide bonds. The number of nitrogens with zero attached hydrogens (tertiary/aromatic N) is 2. The van der Waals surface area contributed by atoms with Crippen molar-refractivity contribution in [2.24, 2.45) is 0 Å². The van der Waals surface area contributed by atoms with Crippen LogP contribution in [0.3, 0.4) is 0 Å². The lowest BCUT2D eigenvalue weighted by Gasteiger charge is -2.19. The van der Waals surface area contributed by atoms with Crippen LogP contribution in [0, 0.1) is 0 Å². The Morgan fingerprint density at radius 3 is 2.77 bits per heavy atom. The second-order valence-corrected chi connectivity index (χ2v) is 7.81. The van der Waals surface area contributed by atoms with E-state index in [-0.39, 0.29) is 18.7 Å². The highest BCUT2D eigenvalue weighted by Gasteiger charge is 2.26. The van der Waals surface area contributed by atoms with Crippen molar-refractivity contribution in [2.75, 3.05) is 11.4 Å². The van der Waals surface area contributed by atoms with Gasteiger partial charge in [0.2, 0.25) is 0 Å². The number of carbonyl (C=O) groups excluding carboxylic acids is 1. The van der Waals surface area contributed by atoms with Gasteiger partial charge in [-0.1, -0.05) is 60.1 Å². The SMILES string of the molecule is CC(NCc1ccc2c(c1)N(C(=O)OCc1ccccc1)CC2)c1ccc(Cl)nc1. The normalized spacial score (nSPS) is 13.7. The summed E-state index contributed by atoms with van der Waals surface area (Å²) in [7, 11) is 0. The number of rotatable bonds is 6. The minimum Gasteiger partial charge on any atom is -0.444 e. The van der Waals surface area contributed by atoms with E-state index in [1.807, 2.05) is 36.4 Å². The molecule has 2 heterocycles. The lowest BCUT2D eigenvalue weighted by molar-refractivity contribution is 0.147. The number of fused-ring (bicyclic) bond motifs is 1. The number of nitrogens with one attached hydrogen (secondary N) is 1. The minimum atomic E-state index is -0.302. The van der Waals surface area contributed by atoms with Crippen LogP contribution in [0.25, 0.3) is 0 Å². The number of carbonyl (C=O) groups is 1. The van der Waals surface area contributed by atoms with Crippen LogP contribution in [0.4, 0.5) is 10.5 Å². The van der Waals surface area contributed by atoms with Gasteiger partial charge in [0.05, 0.1) is 5.69 Å². The lowest BCUT2D eigenvalue weighted by Crippen LogP contribution is -2.29. The molecule has 1 atom stereocenters. The van der Waals surface area contributed by atoms with Crippen LogP contribution >= 0.6 is 11.6 Å². The summed E-state index contributed by atoms with van der Waals surface area (Å²) in [5.74, 6) is 0. The van der Waals surface area contributed by atoms with Gasteiger partial charge in [-0.05, 0) is 47.7 Å². The number of halogens is 1. The van der Waals surface area contributed by atoms with Crippen molar-refractivity contribution in [1.82, 2.24) is 10.3 Å². The van der Waals surface area contributed by atoms with E-state index in [1.165, 1.54) is 5.56 Å². The summed E-state index contributed by atoms with van der Waals surface area (Å²) in [6, 6.07) is 19.9. The maximum Gasteiger partial charge on any atom is 0.414 e. The molecule has 1 aliphatic rings. The third-order valence-corrected chi connectivity index (χ3v) is 5.56. The molecule has 4 rings (SSSR count). The van der Waals surface area contributed by atoms with Gasteiger partial charge < -0.3 is 10.1 Å². The van der Waals surface area contributed by atoms with Crippen LogP contribution in [0.1, 0.15) is 35.2 Å². The molecule has 0 saturated heterocycles. The number of pyridine rings is 1. The molecule has 6 heteroatoms. The number of aromatic nitrogens is 1. The Labute approximate surface area is 181 Å². The van der Waals surface area contributed by atoms with Gasteiger partial charge in [-0.15, -0.1) is 0 Å². The van der Waals surface area contributed by atoms with Crippen LogP contribution < -0.4 is 10.2 Å².